The van der Waals surface area contributed by atoms with E-state index < -0.39 is 6.04 Å². The minimum atomic E-state index is -0.616. The molecule has 0 aliphatic heterocycles. The van der Waals surface area contributed by atoms with Crippen molar-refractivity contribution in [3.8, 4) is 0 Å². The van der Waals surface area contributed by atoms with Crippen LogP contribution in [0.25, 0.3) is 0 Å². The van der Waals surface area contributed by atoms with Gasteiger partial charge in [0.25, 0.3) is 0 Å². The first-order valence-electron chi connectivity index (χ1n) is 5.60. The second-order valence-corrected chi connectivity index (χ2v) is 4.13. The van der Waals surface area contributed by atoms with Gasteiger partial charge in [0.2, 0.25) is 11.8 Å². The Labute approximate surface area is 105 Å². The Hall–Kier alpha value is -2.02. The van der Waals surface area contributed by atoms with Crippen molar-refractivity contribution in [1.82, 2.24) is 15.3 Å². The SMILES string of the molecule is CC(C)[C@H](N)C(=O)NCC(=O)Nc1cnccn1. The summed E-state index contributed by atoms with van der Waals surface area (Å²) < 4.78 is 0. The Morgan fingerprint density at radius 3 is 2.67 bits per heavy atom. The van der Waals surface area contributed by atoms with Crippen LogP contribution in [0.1, 0.15) is 13.8 Å². The maximum atomic E-state index is 11.5. The Balaban J connectivity index is 2.36. The molecule has 1 heterocycles. The molecule has 0 spiro atoms. The fourth-order valence-electron chi connectivity index (χ4n) is 1.14. The van der Waals surface area contributed by atoms with Gasteiger partial charge in [0.15, 0.2) is 5.82 Å². The first kappa shape index (κ1) is 14.0. The molecule has 1 rings (SSSR count). The number of nitrogens with zero attached hydrogens (tertiary/aromatic N) is 2. The number of carbonyl (C=O) groups is 2. The molecule has 7 heteroatoms. The molecule has 0 saturated carbocycles. The van der Waals surface area contributed by atoms with Crippen LogP contribution in [-0.4, -0.2) is 34.4 Å². The molecule has 0 saturated heterocycles. The van der Waals surface area contributed by atoms with Crippen LogP contribution in [0.3, 0.4) is 0 Å². The predicted molar refractivity (Wildman–Crippen MR) is 66.5 cm³/mol. The second kappa shape index (κ2) is 6.65. The van der Waals surface area contributed by atoms with E-state index in [1.807, 2.05) is 13.8 Å². The van der Waals surface area contributed by atoms with Crippen molar-refractivity contribution >= 4 is 17.6 Å². The molecular weight excluding hydrogens is 234 g/mol. The third-order valence-corrected chi connectivity index (χ3v) is 2.27. The maximum absolute atomic E-state index is 11.5. The summed E-state index contributed by atoms with van der Waals surface area (Å²) in [7, 11) is 0. The van der Waals surface area contributed by atoms with Crippen LogP contribution in [0.5, 0.6) is 0 Å². The Morgan fingerprint density at radius 1 is 1.39 bits per heavy atom. The van der Waals surface area contributed by atoms with Crippen LogP contribution in [0, 0.1) is 5.92 Å². The van der Waals surface area contributed by atoms with E-state index in [2.05, 4.69) is 20.6 Å². The number of amides is 2. The van der Waals surface area contributed by atoms with Gasteiger partial charge in [-0.3, -0.25) is 14.6 Å². The molecule has 2 amide bonds. The summed E-state index contributed by atoms with van der Waals surface area (Å²) in [6.45, 7) is 3.53. The average Bonchev–Trinajstić information content (AvgIpc) is 2.36. The number of hydrogen-bond donors (Lipinski definition) is 3. The van der Waals surface area contributed by atoms with Gasteiger partial charge < -0.3 is 16.4 Å². The summed E-state index contributed by atoms with van der Waals surface area (Å²) in [6, 6.07) is -0.616. The Bertz CT molecular complexity index is 407. The molecule has 0 aromatic carbocycles. The van der Waals surface area contributed by atoms with Gasteiger partial charge in [-0.1, -0.05) is 13.8 Å². The van der Waals surface area contributed by atoms with E-state index in [9.17, 15) is 9.59 Å². The van der Waals surface area contributed by atoms with E-state index in [0.717, 1.165) is 0 Å². The molecule has 18 heavy (non-hydrogen) atoms. The number of nitrogens with one attached hydrogen (secondary N) is 2. The van der Waals surface area contributed by atoms with Crippen molar-refractivity contribution in [1.29, 1.82) is 0 Å². The van der Waals surface area contributed by atoms with Gasteiger partial charge in [-0.2, -0.15) is 0 Å². The summed E-state index contributed by atoms with van der Waals surface area (Å²) in [5.41, 5.74) is 5.63. The zero-order valence-corrected chi connectivity index (χ0v) is 10.4. The normalized spacial score (nSPS) is 12.0. The van der Waals surface area contributed by atoms with Crippen molar-refractivity contribution in [3.63, 3.8) is 0 Å². The molecule has 1 aromatic rings. The smallest absolute Gasteiger partial charge is 0.244 e. The molecule has 0 aliphatic rings. The molecule has 0 aliphatic carbocycles. The van der Waals surface area contributed by atoms with E-state index in [1.165, 1.54) is 18.6 Å². The molecule has 1 aromatic heterocycles. The largest absolute Gasteiger partial charge is 0.346 e. The molecule has 4 N–H and O–H groups in total. The monoisotopic (exact) mass is 251 g/mol. The van der Waals surface area contributed by atoms with Crippen LogP contribution in [0.4, 0.5) is 5.82 Å². The van der Waals surface area contributed by atoms with Crippen LogP contribution < -0.4 is 16.4 Å². The quantitative estimate of drug-likeness (QED) is 0.654. The highest BCUT2D eigenvalue weighted by Gasteiger charge is 2.17. The van der Waals surface area contributed by atoms with Crippen LogP contribution in [0.15, 0.2) is 18.6 Å². The van der Waals surface area contributed by atoms with Gasteiger partial charge in [0.1, 0.15) is 0 Å². The predicted octanol–water partition coefficient (Wildman–Crippen LogP) is -0.485. The topological polar surface area (TPSA) is 110 Å². The van der Waals surface area contributed by atoms with Crippen LogP contribution in [0.2, 0.25) is 0 Å². The van der Waals surface area contributed by atoms with E-state index >= 15 is 0 Å². The molecule has 0 bridgehead atoms. The lowest BCUT2D eigenvalue weighted by Gasteiger charge is -2.14. The van der Waals surface area contributed by atoms with E-state index in [1.54, 1.807) is 0 Å². The van der Waals surface area contributed by atoms with Crippen molar-refractivity contribution in [2.45, 2.75) is 19.9 Å². The molecular formula is C11H17N5O2. The molecule has 0 radical (unpaired) electrons. The number of carbonyl (C=O) groups excluding carboxylic acids is 2. The van der Waals surface area contributed by atoms with Crippen molar-refractivity contribution in [2.75, 3.05) is 11.9 Å². The Kier molecular flexibility index (Phi) is 5.19. The second-order valence-electron chi connectivity index (χ2n) is 4.13. The summed E-state index contributed by atoms with van der Waals surface area (Å²) in [4.78, 5) is 30.6. The highest BCUT2D eigenvalue weighted by Crippen LogP contribution is 1.98. The zero-order chi connectivity index (χ0) is 13.5. The molecule has 0 unspecified atom stereocenters. The number of rotatable bonds is 5. The van der Waals surface area contributed by atoms with Gasteiger partial charge in [-0.25, -0.2) is 4.98 Å². The first-order chi connectivity index (χ1) is 8.50. The summed E-state index contributed by atoms with van der Waals surface area (Å²) in [5, 5.41) is 4.96. The molecule has 98 valence electrons. The number of aromatic nitrogens is 2. The van der Waals surface area contributed by atoms with Gasteiger partial charge in [0.05, 0.1) is 18.8 Å². The summed E-state index contributed by atoms with van der Waals surface area (Å²) in [6.07, 6.45) is 4.38. The lowest BCUT2D eigenvalue weighted by Crippen LogP contribution is -2.46. The Morgan fingerprint density at radius 2 is 2.11 bits per heavy atom. The molecule has 0 fully saturated rings. The van der Waals surface area contributed by atoms with Crippen molar-refractivity contribution in [3.05, 3.63) is 18.6 Å². The third kappa shape index (κ3) is 4.46. The highest BCUT2D eigenvalue weighted by atomic mass is 16.2. The van der Waals surface area contributed by atoms with Crippen LogP contribution in [-0.2, 0) is 9.59 Å². The first-order valence-corrected chi connectivity index (χ1v) is 5.60. The number of hydrogen-bond acceptors (Lipinski definition) is 5. The van der Waals surface area contributed by atoms with Gasteiger partial charge >= 0.3 is 0 Å². The standard InChI is InChI=1S/C11H17N5O2/c1-7(2)10(12)11(18)15-6-9(17)16-8-5-13-3-4-14-8/h3-5,7,10H,6,12H2,1-2H3,(H,15,18)(H,14,16,17)/t10-/m0/s1. The minimum absolute atomic E-state index is 0.0213. The third-order valence-electron chi connectivity index (χ3n) is 2.27. The average molecular weight is 251 g/mol. The fourth-order valence-corrected chi connectivity index (χ4v) is 1.14. The van der Waals surface area contributed by atoms with E-state index in [4.69, 9.17) is 5.73 Å². The van der Waals surface area contributed by atoms with Gasteiger partial charge in [0, 0.05) is 12.4 Å². The van der Waals surface area contributed by atoms with Crippen molar-refractivity contribution in [2.24, 2.45) is 11.7 Å². The highest BCUT2D eigenvalue weighted by molar-refractivity contribution is 5.94. The van der Waals surface area contributed by atoms with Gasteiger partial charge in [-0.05, 0) is 5.92 Å². The van der Waals surface area contributed by atoms with E-state index in [0.29, 0.717) is 5.82 Å². The molecule has 7 nitrogen and oxygen atoms in total. The lowest BCUT2D eigenvalue weighted by molar-refractivity contribution is -0.125. The zero-order valence-electron chi connectivity index (χ0n) is 10.4. The summed E-state index contributed by atoms with van der Waals surface area (Å²) in [5.74, 6) is -0.364. The maximum Gasteiger partial charge on any atom is 0.244 e. The number of anilines is 1. The van der Waals surface area contributed by atoms with Crippen LogP contribution >= 0.6 is 0 Å². The number of nitrogens with two attached hydrogens (primary N) is 1. The minimum Gasteiger partial charge on any atom is -0.346 e. The fraction of sp³-hybridized carbons (Fsp3) is 0.455. The van der Waals surface area contributed by atoms with Crippen molar-refractivity contribution < 1.29 is 9.59 Å². The van der Waals surface area contributed by atoms with E-state index in [-0.39, 0.29) is 24.3 Å². The summed E-state index contributed by atoms with van der Waals surface area (Å²) >= 11 is 0. The molecule has 1 atom stereocenters. The lowest BCUT2D eigenvalue weighted by atomic mass is 10.1. The van der Waals surface area contributed by atoms with Gasteiger partial charge in [-0.15, -0.1) is 0 Å².